The van der Waals surface area contributed by atoms with Gasteiger partial charge in [0.05, 0.1) is 0 Å². The predicted molar refractivity (Wildman–Crippen MR) is 69.8 cm³/mol. The molecule has 1 atom stereocenters. The van der Waals surface area contributed by atoms with Gasteiger partial charge >= 0.3 is 0 Å². The molecule has 1 unspecified atom stereocenters. The second-order valence-electron chi connectivity index (χ2n) is 4.84. The highest BCUT2D eigenvalue weighted by Gasteiger charge is 2.27. The molecule has 1 aliphatic carbocycles. The number of hydrogen-bond acceptors (Lipinski definition) is 2. The molecule has 88 valence electrons. The van der Waals surface area contributed by atoms with E-state index in [1.54, 1.807) is 0 Å². The van der Waals surface area contributed by atoms with Gasteiger partial charge in [0.1, 0.15) is 0 Å². The van der Waals surface area contributed by atoms with Gasteiger partial charge in [-0.2, -0.15) is 0 Å². The lowest BCUT2D eigenvalue weighted by Gasteiger charge is -2.23. The van der Waals surface area contributed by atoms with Gasteiger partial charge in [-0.05, 0) is 37.3 Å². The van der Waals surface area contributed by atoms with Crippen molar-refractivity contribution >= 4 is 5.69 Å². The van der Waals surface area contributed by atoms with Gasteiger partial charge in [-0.1, -0.05) is 25.1 Å². The molecule has 0 radical (unpaired) electrons. The molecular weight excluding hydrogens is 196 g/mol. The van der Waals surface area contributed by atoms with Crippen LogP contribution < -0.4 is 10.6 Å². The van der Waals surface area contributed by atoms with E-state index in [1.807, 2.05) is 0 Å². The fourth-order valence-corrected chi connectivity index (χ4v) is 2.11. The maximum absolute atomic E-state index is 6.05. The first kappa shape index (κ1) is 11.5. The molecule has 0 amide bonds. The van der Waals surface area contributed by atoms with Gasteiger partial charge < -0.3 is 10.6 Å². The lowest BCUT2D eigenvalue weighted by molar-refractivity contribution is 0.645. The van der Waals surface area contributed by atoms with Crippen LogP contribution in [0.1, 0.15) is 31.7 Å². The third kappa shape index (κ3) is 2.56. The zero-order chi connectivity index (χ0) is 11.5. The molecule has 0 bridgehead atoms. The van der Waals surface area contributed by atoms with E-state index in [4.69, 9.17) is 5.73 Å². The Hall–Kier alpha value is -1.02. The first-order chi connectivity index (χ1) is 7.72. The summed E-state index contributed by atoms with van der Waals surface area (Å²) in [6.07, 6.45) is 4.71. The normalized spacial score (nSPS) is 17.2. The van der Waals surface area contributed by atoms with Crippen LogP contribution in [0.4, 0.5) is 5.69 Å². The molecule has 0 aliphatic heterocycles. The second kappa shape index (κ2) is 4.88. The number of nitrogens with two attached hydrogens (primary N) is 1. The van der Waals surface area contributed by atoms with Crippen LogP contribution in [0.3, 0.4) is 0 Å². The maximum atomic E-state index is 6.05. The minimum absolute atomic E-state index is 0.286. The number of benzene rings is 1. The molecule has 16 heavy (non-hydrogen) atoms. The van der Waals surface area contributed by atoms with Crippen LogP contribution in [0.15, 0.2) is 24.3 Å². The Morgan fingerprint density at radius 2 is 2.06 bits per heavy atom. The number of para-hydroxylation sites is 1. The van der Waals surface area contributed by atoms with Crippen LogP contribution in [0.2, 0.25) is 0 Å². The number of anilines is 1. The molecule has 1 aromatic rings. The molecule has 1 aliphatic rings. The summed E-state index contributed by atoms with van der Waals surface area (Å²) in [4.78, 5) is 2.41. The topological polar surface area (TPSA) is 29.3 Å². The third-order valence-electron chi connectivity index (χ3n) is 3.47. The van der Waals surface area contributed by atoms with Crippen LogP contribution in [0.5, 0.6) is 0 Å². The van der Waals surface area contributed by atoms with Crippen molar-refractivity contribution in [2.75, 3.05) is 11.9 Å². The molecule has 0 heterocycles. The van der Waals surface area contributed by atoms with Gasteiger partial charge in [0.2, 0.25) is 0 Å². The molecule has 1 aromatic carbocycles. The molecule has 2 rings (SSSR count). The molecule has 2 heteroatoms. The maximum Gasteiger partial charge on any atom is 0.0399 e. The highest BCUT2D eigenvalue weighted by molar-refractivity contribution is 5.55. The van der Waals surface area contributed by atoms with Crippen LogP contribution >= 0.6 is 0 Å². The number of hydrogen-bond donors (Lipinski definition) is 1. The predicted octanol–water partition coefficient (Wildman–Crippen LogP) is 2.57. The zero-order valence-corrected chi connectivity index (χ0v) is 10.3. The highest BCUT2D eigenvalue weighted by Crippen LogP contribution is 2.32. The van der Waals surface area contributed by atoms with Crippen molar-refractivity contribution < 1.29 is 0 Å². The van der Waals surface area contributed by atoms with E-state index in [0.717, 1.165) is 18.9 Å². The summed E-state index contributed by atoms with van der Waals surface area (Å²) in [6, 6.07) is 9.71. The van der Waals surface area contributed by atoms with Crippen LogP contribution in [-0.4, -0.2) is 19.1 Å². The van der Waals surface area contributed by atoms with E-state index >= 15 is 0 Å². The monoisotopic (exact) mass is 218 g/mol. The molecule has 0 saturated heterocycles. The van der Waals surface area contributed by atoms with Crippen molar-refractivity contribution in [2.24, 2.45) is 5.73 Å². The van der Waals surface area contributed by atoms with E-state index in [0.29, 0.717) is 0 Å². The molecule has 0 aromatic heterocycles. The van der Waals surface area contributed by atoms with E-state index < -0.39 is 0 Å². The molecule has 1 fully saturated rings. The van der Waals surface area contributed by atoms with Gasteiger partial charge in [-0.3, -0.25) is 0 Å². The minimum Gasteiger partial charge on any atom is -0.371 e. The van der Waals surface area contributed by atoms with Gasteiger partial charge in [0.25, 0.3) is 0 Å². The largest absolute Gasteiger partial charge is 0.371 e. The van der Waals surface area contributed by atoms with Crippen molar-refractivity contribution in [1.29, 1.82) is 0 Å². The zero-order valence-electron chi connectivity index (χ0n) is 10.3. The molecule has 0 spiro atoms. The Kier molecular flexibility index (Phi) is 3.49. The third-order valence-corrected chi connectivity index (χ3v) is 3.47. The average molecular weight is 218 g/mol. The lowest BCUT2D eigenvalue weighted by atomic mass is 10.0. The fourth-order valence-electron chi connectivity index (χ4n) is 2.11. The molecule has 2 nitrogen and oxygen atoms in total. The summed E-state index contributed by atoms with van der Waals surface area (Å²) in [7, 11) is 2.20. The smallest absolute Gasteiger partial charge is 0.0399 e. The van der Waals surface area contributed by atoms with E-state index in [2.05, 4.69) is 43.1 Å². The van der Waals surface area contributed by atoms with E-state index in [1.165, 1.54) is 24.1 Å². The minimum atomic E-state index is 0.286. The lowest BCUT2D eigenvalue weighted by Crippen LogP contribution is -2.25. The standard InChI is InChI=1S/C14H22N2/c1-3-12(15)10-11-6-4-5-7-14(11)16(2)13-8-9-13/h4-7,12-13H,3,8-10,15H2,1-2H3. The van der Waals surface area contributed by atoms with Crippen molar-refractivity contribution in [2.45, 2.75) is 44.7 Å². The Labute approximate surface area is 98.4 Å². The number of rotatable bonds is 5. The van der Waals surface area contributed by atoms with Crippen LogP contribution in [0.25, 0.3) is 0 Å². The van der Waals surface area contributed by atoms with Crippen molar-refractivity contribution in [3.05, 3.63) is 29.8 Å². The molecular formula is C14H22N2. The van der Waals surface area contributed by atoms with Crippen molar-refractivity contribution in [3.63, 3.8) is 0 Å². The quantitative estimate of drug-likeness (QED) is 0.823. The first-order valence-corrected chi connectivity index (χ1v) is 6.28. The van der Waals surface area contributed by atoms with Crippen molar-refractivity contribution in [3.8, 4) is 0 Å². The molecule has 1 saturated carbocycles. The number of nitrogens with zero attached hydrogens (tertiary/aromatic N) is 1. The van der Waals surface area contributed by atoms with Crippen LogP contribution in [-0.2, 0) is 6.42 Å². The van der Waals surface area contributed by atoms with Crippen LogP contribution in [0, 0.1) is 0 Å². The summed E-state index contributed by atoms with van der Waals surface area (Å²) < 4.78 is 0. The fraction of sp³-hybridized carbons (Fsp3) is 0.571. The Morgan fingerprint density at radius 1 is 1.38 bits per heavy atom. The van der Waals surface area contributed by atoms with Gasteiger partial charge in [-0.15, -0.1) is 0 Å². The second-order valence-corrected chi connectivity index (χ2v) is 4.84. The summed E-state index contributed by atoms with van der Waals surface area (Å²) in [5.74, 6) is 0. The van der Waals surface area contributed by atoms with Gasteiger partial charge in [-0.25, -0.2) is 0 Å². The average Bonchev–Trinajstić information content (AvgIpc) is 3.12. The van der Waals surface area contributed by atoms with E-state index in [9.17, 15) is 0 Å². The Morgan fingerprint density at radius 3 is 2.69 bits per heavy atom. The van der Waals surface area contributed by atoms with Crippen molar-refractivity contribution in [1.82, 2.24) is 0 Å². The Bertz CT molecular complexity index is 344. The van der Waals surface area contributed by atoms with E-state index in [-0.39, 0.29) is 6.04 Å². The first-order valence-electron chi connectivity index (χ1n) is 6.28. The SMILES string of the molecule is CCC(N)Cc1ccccc1N(C)C1CC1. The summed E-state index contributed by atoms with van der Waals surface area (Å²) in [6.45, 7) is 2.15. The molecule has 2 N–H and O–H groups in total. The van der Waals surface area contributed by atoms with Gasteiger partial charge in [0, 0.05) is 24.8 Å². The highest BCUT2D eigenvalue weighted by atomic mass is 15.2. The summed E-state index contributed by atoms with van der Waals surface area (Å²) in [5.41, 5.74) is 8.81. The summed E-state index contributed by atoms with van der Waals surface area (Å²) >= 11 is 0. The Balaban J connectivity index is 2.15. The van der Waals surface area contributed by atoms with Gasteiger partial charge in [0.15, 0.2) is 0 Å². The summed E-state index contributed by atoms with van der Waals surface area (Å²) in [5, 5.41) is 0.